The van der Waals surface area contributed by atoms with Crippen LogP contribution in [0.5, 0.6) is 0 Å². The number of nitrogens with zero attached hydrogens (tertiary/aromatic N) is 3. The van der Waals surface area contributed by atoms with Crippen molar-refractivity contribution in [2.24, 2.45) is 0 Å². The lowest BCUT2D eigenvalue weighted by molar-refractivity contribution is -0.137. The molecule has 0 saturated heterocycles. The molecular weight excluding hydrogens is 160 g/mol. The zero-order valence-corrected chi connectivity index (χ0v) is 7.11. The van der Waals surface area contributed by atoms with E-state index in [0.29, 0.717) is 12.2 Å². The van der Waals surface area contributed by atoms with Crippen LogP contribution in [0.1, 0.15) is 25.6 Å². The van der Waals surface area contributed by atoms with Crippen LogP contribution in [0.4, 0.5) is 0 Å². The number of rotatable bonds is 2. The minimum absolute atomic E-state index is 0.292. The lowest BCUT2D eigenvalue weighted by Crippen LogP contribution is -1.90. The third-order valence-electron chi connectivity index (χ3n) is 0.915. The van der Waals surface area contributed by atoms with E-state index in [0.717, 1.165) is 6.42 Å². The van der Waals surface area contributed by atoms with Crippen molar-refractivity contribution in [3.05, 3.63) is 5.82 Å². The maximum atomic E-state index is 9.60. The predicted octanol–water partition coefficient (Wildman–Crippen LogP) is 0.379. The van der Waals surface area contributed by atoms with Gasteiger partial charge in [0, 0.05) is 6.42 Å². The molecule has 0 aliphatic carbocycles. The van der Waals surface area contributed by atoms with E-state index in [2.05, 4.69) is 20.6 Å². The zero-order valence-electron chi connectivity index (χ0n) is 7.11. The number of H-pyrrole nitrogens is 1. The highest BCUT2D eigenvalue weighted by Crippen LogP contribution is 1.82. The van der Waals surface area contributed by atoms with Gasteiger partial charge in [0.1, 0.15) is 0 Å². The quantitative estimate of drug-likeness (QED) is 0.672. The smallest absolute Gasteiger partial charge is 0.303 e. The van der Waals surface area contributed by atoms with E-state index in [1.54, 1.807) is 6.92 Å². The van der Waals surface area contributed by atoms with Crippen LogP contribution in [0, 0.1) is 6.92 Å². The number of carboxylic acid groups (broad SMARTS) is 1. The van der Waals surface area contributed by atoms with Gasteiger partial charge in [-0.1, -0.05) is 12.1 Å². The van der Waals surface area contributed by atoms with Gasteiger partial charge in [-0.3, -0.25) is 4.79 Å². The van der Waals surface area contributed by atoms with Crippen molar-refractivity contribution in [1.29, 1.82) is 0 Å². The molecule has 12 heavy (non-hydrogen) atoms. The molecule has 0 atom stereocenters. The van der Waals surface area contributed by atoms with Gasteiger partial charge in [-0.15, -0.1) is 10.2 Å². The lowest BCUT2D eigenvalue weighted by Gasteiger charge is -1.79. The zero-order chi connectivity index (χ0) is 9.40. The number of aromatic amines is 1. The Hall–Kier alpha value is -1.46. The fourth-order valence-corrected chi connectivity index (χ4v) is 0.426. The van der Waals surface area contributed by atoms with Crippen LogP contribution in [-0.4, -0.2) is 31.7 Å². The first kappa shape index (κ1) is 10.5. The molecule has 0 unspecified atom stereocenters. The molecule has 1 rings (SSSR count). The summed E-state index contributed by atoms with van der Waals surface area (Å²) in [6, 6.07) is 0. The molecule has 0 radical (unpaired) electrons. The molecule has 0 spiro atoms. The molecule has 68 valence electrons. The SMILES string of the molecule is CCCC(=O)O.Cc1nn[nH]n1. The van der Waals surface area contributed by atoms with Crippen molar-refractivity contribution in [1.82, 2.24) is 20.6 Å². The number of tetrazole rings is 1. The van der Waals surface area contributed by atoms with E-state index in [4.69, 9.17) is 5.11 Å². The molecule has 0 amide bonds. The van der Waals surface area contributed by atoms with Gasteiger partial charge in [-0.2, -0.15) is 5.21 Å². The summed E-state index contributed by atoms with van der Waals surface area (Å²) in [5.74, 6) is -0.0347. The standard InChI is InChI=1S/C4H8O2.C2H4N4/c1-2-3-4(5)6;1-2-3-5-6-4-2/h2-3H2,1H3,(H,5,6);1H3,(H,3,4,5,6). The molecular formula is C6H12N4O2. The van der Waals surface area contributed by atoms with Gasteiger partial charge in [-0.05, 0) is 13.3 Å². The molecule has 0 bridgehead atoms. The molecule has 0 aliphatic rings. The summed E-state index contributed by atoms with van der Waals surface area (Å²) in [5, 5.41) is 20.6. The van der Waals surface area contributed by atoms with Crippen molar-refractivity contribution < 1.29 is 9.90 Å². The number of carbonyl (C=O) groups is 1. The summed E-state index contributed by atoms with van der Waals surface area (Å²) in [6.07, 6.45) is 1.02. The largest absolute Gasteiger partial charge is 0.481 e. The Morgan fingerprint density at radius 3 is 2.42 bits per heavy atom. The van der Waals surface area contributed by atoms with Gasteiger partial charge < -0.3 is 5.11 Å². The average Bonchev–Trinajstić information content (AvgIpc) is 2.40. The van der Waals surface area contributed by atoms with Crippen molar-refractivity contribution in [2.75, 3.05) is 0 Å². The maximum Gasteiger partial charge on any atom is 0.303 e. The molecule has 0 fully saturated rings. The van der Waals surface area contributed by atoms with Crippen LogP contribution in [0.2, 0.25) is 0 Å². The maximum absolute atomic E-state index is 9.60. The number of aliphatic carboxylic acids is 1. The summed E-state index contributed by atoms with van der Waals surface area (Å²) in [4.78, 5) is 9.60. The normalized spacial score (nSPS) is 8.50. The highest BCUT2D eigenvalue weighted by Gasteiger charge is 1.87. The fraction of sp³-hybridized carbons (Fsp3) is 0.667. The third-order valence-corrected chi connectivity index (χ3v) is 0.915. The molecule has 0 aliphatic heterocycles. The Bertz CT molecular complexity index is 209. The number of nitrogens with one attached hydrogen (secondary N) is 1. The van der Waals surface area contributed by atoms with E-state index in [-0.39, 0.29) is 0 Å². The number of hydrogen-bond acceptors (Lipinski definition) is 4. The van der Waals surface area contributed by atoms with Crippen molar-refractivity contribution in [3.63, 3.8) is 0 Å². The fourth-order valence-electron chi connectivity index (χ4n) is 0.426. The van der Waals surface area contributed by atoms with Crippen molar-refractivity contribution >= 4 is 5.97 Å². The van der Waals surface area contributed by atoms with E-state index < -0.39 is 5.97 Å². The van der Waals surface area contributed by atoms with Crippen LogP contribution < -0.4 is 0 Å². The van der Waals surface area contributed by atoms with E-state index in [9.17, 15) is 4.79 Å². The Morgan fingerprint density at radius 2 is 2.33 bits per heavy atom. The monoisotopic (exact) mass is 172 g/mol. The van der Waals surface area contributed by atoms with Gasteiger partial charge in [0.15, 0.2) is 5.82 Å². The van der Waals surface area contributed by atoms with Gasteiger partial charge >= 0.3 is 5.97 Å². The molecule has 0 aromatic carbocycles. The molecule has 6 nitrogen and oxygen atoms in total. The van der Waals surface area contributed by atoms with Gasteiger partial charge in [0.05, 0.1) is 0 Å². The highest BCUT2D eigenvalue weighted by atomic mass is 16.4. The molecule has 6 heteroatoms. The molecule has 1 heterocycles. The van der Waals surface area contributed by atoms with Crippen molar-refractivity contribution in [2.45, 2.75) is 26.7 Å². The highest BCUT2D eigenvalue weighted by molar-refractivity contribution is 5.66. The first-order valence-corrected chi connectivity index (χ1v) is 3.58. The van der Waals surface area contributed by atoms with E-state index in [1.807, 2.05) is 6.92 Å². The second-order valence-electron chi connectivity index (χ2n) is 2.10. The Labute approximate surface area is 70.0 Å². The molecule has 1 aromatic rings. The summed E-state index contributed by atoms with van der Waals surface area (Å²) in [7, 11) is 0. The summed E-state index contributed by atoms with van der Waals surface area (Å²) in [6.45, 7) is 3.61. The number of aromatic nitrogens is 4. The minimum Gasteiger partial charge on any atom is -0.481 e. The number of carboxylic acids is 1. The van der Waals surface area contributed by atoms with Gasteiger partial charge in [0.25, 0.3) is 0 Å². The molecule has 0 saturated carbocycles. The lowest BCUT2D eigenvalue weighted by atomic mass is 10.4. The van der Waals surface area contributed by atoms with Gasteiger partial charge in [-0.25, -0.2) is 0 Å². The Kier molecular flexibility index (Phi) is 5.50. The van der Waals surface area contributed by atoms with E-state index >= 15 is 0 Å². The van der Waals surface area contributed by atoms with Crippen LogP contribution in [0.25, 0.3) is 0 Å². The van der Waals surface area contributed by atoms with E-state index in [1.165, 1.54) is 0 Å². The molecule has 2 N–H and O–H groups in total. The second-order valence-corrected chi connectivity index (χ2v) is 2.10. The van der Waals surface area contributed by atoms with Gasteiger partial charge in [0.2, 0.25) is 0 Å². The summed E-state index contributed by atoms with van der Waals surface area (Å²) >= 11 is 0. The number of aryl methyl sites for hydroxylation is 1. The summed E-state index contributed by atoms with van der Waals surface area (Å²) < 4.78 is 0. The van der Waals surface area contributed by atoms with Crippen LogP contribution >= 0.6 is 0 Å². The van der Waals surface area contributed by atoms with Crippen LogP contribution in [-0.2, 0) is 4.79 Å². The predicted molar refractivity (Wildman–Crippen MR) is 41.5 cm³/mol. The first-order valence-electron chi connectivity index (χ1n) is 3.58. The van der Waals surface area contributed by atoms with Crippen LogP contribution in [0.3, 0.4) is 0 Å². The molecule has 1 aromatic heterocycles. The minimum atomic E-state index is -0.711. The average molecular weight is 172 g/mol. The second kappa shape index (κ2) is 6.26. The van der Waals surface area contributed by atoms with Crippen LogP contribution in [0.15, 0.2) is 0 Å². The topological polar surface area (TPSA) is 91.8 Å². The Morgan fingerprint density at radius 1 is 1.67 bits per heavy atom. The number of hydrogen-bond donors (Lipinski definition) is 2. The third kappa shape index (κ3) is 6.66. The first-order chi connectivity index (χ1) is 5.66. The van der Waals surface area contributed by atoms with Crippen molar-refractivity contribution in [3.8, 4) is 0 Å². The Balaban J connectivity index is 0.000000202. The summed E-state index contributed by atoms with van der Waals surface area (Å²) in [5.41, 5.74) is 0.